The van der Waals surface area contributed by atoms with E-state index in [1.807, 2.05) is 6.07 Å². The zero-order valence-corrected chi connectivity index (χ0v) is 13.2. The molecule has 0 saturated carbocycles. The molecule has 0 fully saturated rings. The summed E-state index contributed by atoms with van der Waals surface area (Å²) in [6.45, 7) is 1.73. The molecule has 0 amide bonds. The molecule has 0 N–H and O–H groups in total. The monoisotopic (exact) mass is 303 g/mol. The van der Waals surface area contributed by atoms with Crippen molar-refractivity contribution >= 4 is 23.3 Å². The lowest BCUT2D eigenvalue weighted by Crippen LogP contribution is -2.26. The fourth-order valence-electron chi connectivity index (χ4n) is 2.70. The van der Waals surface area contributed by atoms with Gasteiger partial charge >= 0.3 is 11.9 Å². The molecular formula is C17H21NO4. The fourth-order valence-corrected chi connectivity index (χ4v) is 2.70. The van der Waals surface area contributed by atoms with Crippen LogP contribution in [0.15, 0.2) is 23.2 Å². The van der Waals surface area contributed by atoms with E-state index < -0.39 is 17.9 Å². The topological polar surface area (TPSA) is 65.0 Å². The lowest BCUT2D eigenvalue weighted by molar-refractivity contribution is -0.149. The molecule has 1 aliphatic carbocycles. The molecule has 0 saturated heterocycles. The molecule has 1 atom stereocenters. The summed E-state index contributed by atoms with van der Waals surface area (Å²) in [5.74, 6) is -1.66. The van der Waals surface area contributed by atoms with Gasteiger partial charge in [0.1, 0.15) is 5.92 Å². The van der Waals surface area contributed by atoms with Crippen molar-refractivity contribution in [1.82, 2.24) is 0 Å². The highest BCUT2D eigenvalue weighted by molar-refractivity contribution is 6.04. The Balaban J connectivity index is 2.23. The molecule has 5 nitrogen and oxygen atoms in total. The van der Waals surface area contributed by atoms with Gasteiger partial charge in [0.15, 0.2) is 0 Å². The molecule has 0 radical (unpaired) electrons. The first-order valence-electron chi connectivity index (χ1n) is 7.36. The Morgan fingerprint density at radius 2 is 1.91 bits per heavy atom. The zero-order valence-electron chi connectivity index (χ0n) is 13.2. The molecule has 5 heteroatoms. The first-order chi connectivity index (χ1) is 10.5. The van der Waals surface area contributed by atoms with Gasteiger partial charge in [-0.15, -0.1) is 0 Å². The lowest BCUT2D eigenvalue weighted by atomic mass is 10.0. The van der Waals surface area contributed by atoms with Crippen molar-refractivity contribution in [3.8, 4) is 0 Å². The van der Waals surface area contributed by atoms with Gasteiger partial charge in [0.2, 0.25) is 0 Å². The molecular weight excluding hydrogens is 282 g/mol. The minimum atomic E-state index is -0.717. The number of carbonyl (C=O) groups is 2. The van der Waals surface area contributed by atoms with Gasteiger partial charge in [0, 0.05) is 5.71 Å². The molecule has 1 aliphatic rings. The first kappa shape index (κ1) is 16.2. The maximum Gasteiger partial charge on any atom is 0.314 e. The zero-order chi connectivity index (χ0) is 16.1. The highest BCUT2D eigenvalue weighted by Crippen LogP contribution is 2.27. The Morgan fingerprint density at radius 3 is 2.59 bits per heavy atom. The van der Waals surface area contributed by atoms with E-state index in [1.165, 1.54) is 31.8 Å². The summed E-state index contributed by atoms with van der Waals surface area (Å²) in [6, 6.07) is 6.08. The van der Waals surface area contributed by atoms with E-state index in [-0.39, 0.29) is 6.42 Å². The van der Waals surface area contributed by atoms with Crippen molar-refractivity contribution in [2.75, 3.05) is 14.2 Å². The van der Waals surface area contributed by atoms with Crippen LogP contribution in [0.25, 0.3) is 0 Å². The van der Waals surface area contributed by atoms with Gasteiger partial charge in [-0.1, -0.05) is 6.07 Å². The predicted molar refractivity (Wildman–Crippen MR) is 83.4 cm³/mol. The quantitative estimate of drug-likeness (QED) is 0.619. The molecule has 22 heavy (non-hydrogen) atoms. The van der Waals surface area contributed by atoms with Crippen LogP contribution in [0.3, 0.4) is 0 Å². The molecule has 0 aromatic heterocycles. The van der Waals surface area contributed by atoms with Crippen LogP contribution in [0.5, 0.6) is 0 Å². The molecule has 2 rings (SSSR count). The molecule has 118 valence electrons. The number of aliphatic imine (C=N–C) groups is 1. The first-order valence-corrected chi connectivity index (χ1v) is 7.36. The summed E-state index contributed by atoms with van der Waals surface area (Å²) in [6.07, 6.45) is 3.30. The second kappa shape index (κ2) is 7.20. The van der Waals surface area contributed by atoms with Gasteiger partial charge in [0.05, 0.1) is 26.3 Å². The molecule has 0 aliphatic heterocycles. The second-order valence-electron chi connectivity index (χ2n) is 5.42. The SMILES string of the molecule is COC(=O)CC(C(=O)OC)C(C)=Nc1ccc2c(c1)CCC2. The van der Waals surface area contributed by atoms with Gasteiger partial charge in [-0.3, -0.25) is 14.6 Å². The highest BCUT2D eigenvalue weighted by Gasteiger charge is 2.26. The van der Waals surface area contributed by atoms with Crippen molar-refractivity contribution in [1.29, 1.82) is 0 Å². The summed E-state index contributed by atoms with van der Waals surface area (Å²) >= 11 is 0. The minimum absolute atomic E-state index is 0.0660. The number of rotatable bonds is 5. The largest absolute Gasteiger partial charge is 0.469 e. The van der Waals surface area contributed by atoms with Crippen LogP contribution in [0.2, 0.25) is 0 Å². The summed E-state index contributed by atoms with van der Waals surface area (Å²) in [5, 5.41) is 0. The van der Waals surface area contributed by atoms with Crippen molar-refractivity contribution in [3.05, 3.63) is 29.3 Å². The molecule has 0 spiro atoms. The molecule has 1 aromatic rings. The van der Waals surface area contributed by atoms with Gasteiger partial charge in [-0.25, -0.2) is 0 Å². The van der Waals surface area contributed by atoms with Crippen molar-refractivity contribution < 1.29 is 19.1 Å². The summed E-state index contributed by atoms with van der Waals surface area (Å²) in [7, 11) is 2.60. The van der Waals surface area contributed by atoms with Gasteiger partial charge < -0.3 is 9.47 Å². The standard InChI is InChI=1S/C17H21NO4/c1-11(15(17(20)22-3)10-16(19)21-2)18-14-8-7-12-5-4-6-13(12)9-14/h7-9,15H,4-6,10H2,1-3H3. The number of benzene rings is 1. The highest BCUT2D eigenvalue weighted by atomic mass is 16.5. The van der Waals surface area contributed by atoms with Gasteiger partial charge in [0.25, 0.3) is 0 Å². The summed E-state index contributed by atoms with van der Waals surface area (Å²) < 4.78 is 9.40. The number of hydrogen-bond acceptors (Lipinski definition) is 5. The number of ether oxygens (including phenoxy) is 2. The van der Waals surface area contributed by atoms with E-state index in [9.17, 15) is 9.59 Å². The van der Waals surface area contributed by atoms with Crippen LogP contribution in [-0.2, 0) is 31.9 Å². The maximum absolute atomic E-state index is 11.9. The van der Waals surface area contributed by atoms with E-state index in [0.29, 0.717) is 5.71 Å². The average Bonchev–Trinajstić information content (AvgIpc) is 2.99. The van der Waals surface area contributed by atoms with E-state index in [1.54, 1.807) is 6.92 Å². The lowest BCUT2D eigenvalue weighted by Gasteiger charge is -2.13. The number of carbonyl (C=O) groups excluding carboxylic acids is 2. The number of nitrogens with zero attached hydrogens (tertiary/aromatic N) is 1. The third kappa shape index (κ3) is 3.72. The summed E-state index contributed by atoms with van der Waals surface area (Å²) in [4.78, 5) is 27.8. The maximum atomic E-state index is 11.9. The Bertz CT molecular complexity index is 607. The predicted octanol–water partition coefficient (Wildman–Crippen LogP) is 2.62. The van der Waals surface area contributed by atoms with Crippen molar-refractivity contribution in [2.24, 2.45) is 10.9 Å². The fraction of sp³-hybridized carbons (Fsp3) is 0.471. The number of aryl methyl sites for hydroxylation is 2. The van der Waals surface area contributed by atoms with E-state index in [0.717, 1.165) is 18.5 Å². The summed E-state index contributed by atoms with van der Waals surface area (Å²) in [5.41, 5.74) is 4.04. The van der Waals surface area contributed by atoms with E-state index >= 15 is 0 Å². The average molecular weight is 303 g/mol. The van der Waals surface area contributed by atoms with E-state index in [4.69, 9.17) is 4.74 Å². The number of hydrogen-bond donors (Lipinski definition) is 0. The minimum Gasteiger partial charge on any atom is -0.469 e. The second-order valence-corrected chi connectivity index (χ2v) is 5.42. The number of fused-ring (bicyclic) bond motifs is 1. The molecule has 1 aromatic carbocycles. The van der Waals surface area contributed by atoms with Crippen LogP contribution >= 0.6 is 0 Å². The van der Waals surface area contributed by atoms with Crippen LogP contribution in [0, 0.1) is 5.92 Å². The van der Waals surface area contributed by atoms with Crippen molar-refractivity contribution in [2.45, 2.75) is 32.6 Å². The normalized spacial score (nSPS) is 15.1. The molecule has 0 heterocycles. The Labute approximate surface area is 130 Å². The number of methoxy groups -OCH3 is 2. The van der Waals surface area contributed by atoms with Crippen molar-refractivity contribution in [3.63, 3.8) is 0 Å². The van der Waals surface area contributed by atoms with Crippen LogP contribution in [0.1, 0.15) is 30.9 Å². The van der Waals surface area contributed by atoms with Crippen LogP contribution < -0.4 is 0 Å². The van der Waals surface area contributed by atoms with Crippen LogP contribution in [0.4, 0.5) is 5.69 Å². The third-order valence-electron chi connectivity index (χ3n) is 3.98. The Kier molecular flexibility index (Phi) is 5.31. The molecule has 0 bridgehead atoms. The molecule has 1 unspecified atom stereocenters. The Hall–Kier alpha value is -2.17. The Morgan fingerprint density at radius 1 is 1.18 bits per heavy atom. The van der Waals surface area contributed by atoms with Crippen LogP contribution in [-0.4, -0.2) is 31.9 Å². The van der Waals surface area contributed by atoms with E-state index in [2.05, 4.69) is 21.9 Å². The number of esters is 2. The smallest absolute Gasteiger partial charge is 0.314 e. The van der Waals surface area contributed by atoms with Gasteiger partial charge in [-0.05, 0) is 49.4 Å². The third-order valence-corrected chi connectivity index (χ3v) is 3.98. The van der Waals surface area contributed by atoms with Gasteiger partial charge in [-0.2, -0.15) is 0 Å².